The number of hydrogen-bond acceptors (Lipinski definition) is 5. The topological polar surface area (TPSA) is 93.1 Å². The molecule has 1 fully saturated rings. The largest absolute Gasteiger partial charge is 0.481 e. The Morgan fingerprint density at radius 3 is 2.25 bits per heavy atom. The molecule has 0 radical (unpaired) electrons. The van der Waals surface area contributed by atoms with Crippen LogP contribution in [0.3, 0.4) is 0 Å². The Hall–Kier alpha value is -1.79. The van der Waals surface area contributed by atoms with Gasteiger partial charge in [0, 0.05) is 13.1 Å². The zero-order chi connectivity index (χ0) is 15.5. The van der Waals surface area contributed by atoms with E-state index in [4.69, 9.17) is 4.74 Å². The van der Waals surface area contributed by atoms with E-state index < -0.39 is 35.5 Å². The maximum absolute atomic E-state index is 11.9. The van der Waals surface area contributed by atoms with E-state index in [2.05, 4.69) is 4.74 Å². The molecule has 0 unspecified atom stereocenters. The number of methoxy groups -OCH3 is 1. The van der Waals surface area contributed by atoms with Crippen LogP contribution in [0.4, 0.5) is 4.79 Å². The number of carbonyl (C=O) groups excluding carboxylic acids is 2. The standard InChI is InChI=1S/C13H21NO6/c1-13(2,3)20-12(18)14-6-5-8(11(17)19-4)9(7-14)10(15)16/h8-9H,5-7H2,1-4H3,(H,15,16)/t8-,9-/m1/s1. The van der Waals surface area contributed by atoms with Crippen molar-refractivity contribution in [1.82, 2.24) is 4.90 Å². The number of carboxylic acid groups (broad SMARTS) is 1. The Kier molecular flexibility index (Phi) is 4.97. The fourth-order valence-electron chi connectivity index (χ4n) is 2.13. The molecule has 114 valence electrons. The molecule has 1 N–H and O–H groups in total. The summed E-state index contributed by atoms with van der Waals surface area (Å²) in [6, 6.07) is 0. The number of esters is 1. The molecule has 1 amide bonds. The molecule has 7 nitrogen and oxygen atoms in total. The molecule has 1 rings (SSSR count). The Bertz CT molecular complexity index is 400. The molecule has 0 saturated carbocycles. The van der Waals surface area contributed by atoms with Crippen molar-refractivity contribution in [2.75, 3.05) is 20.2 Å². The molecule has 1 saturated heterocycles. The van der Waals surface area contributed by atoms with Crippen LogP contribution in [0, 0.1) is 11.8 Å². The number of amides is 1. The van der Waals surface area contributed by atoms with E-state index in [1.54, 1.807) is 20.8 Å². The zero-order valence-corrected chi connectivity index (χ0v) is 12.2. The smallest absolute Gasteiger partial charge is 0.410 e. The minimum Gasteiger partial charge on any atom is -0.481 e. The Balaban J connectivity index is 2.76. The zero-order valence-electron chi connectivity index (χ0n) is 12.2. The molecule has 0 spiro atoms. The van der Waals surface area contributed by atoms with Crippen molar-refractivity contribution in [3.8, 4) is 0 Å². The first-order valence-electron chi connectivity index (χ1n) is 6.44. The van der Waals surface area contributed by atoms with Crippen molar-refractivity contribution in [3.63, 3.8) is 0 Å². The van der Waals surface area contributed by atoms with Crippen LogP contribution in [-0.4, -0.2) is 53.8 Å². The summed E-state index contributed by atoms with van der Waals surface area (Å²) < 4.78 is 9.81. The van der Waals surface area contributed by atoms with E-state index in [0.717, 1.165) is 0 Å². The van der Waals surface area contributed by atoms with Crippen molar-refractivity contribution >= 4 is 18.0 Å². The normalized spacial score (nSPS) is 23.1. The summed E-state index contributed by atoms with van der Waals surface area (Å²) >= 11 is 0. The third-order valence-corrected chi connectivity index (χ3v) is 3.09. The second-order valence-corrected chi connectivity index (χ2v) is 5.79. The van der Waals surface area contributed by atoms with Crippen LogP contribution in [-0.2, 0) is 19.1 Å². The highest BCUT2D eigenvalue weighted by Crippen LogP contribution is 2.26. The van der Waals surface area contributed by atoms with Gasteiger partial charge in [0.05, 0.1) is 18.9 Å². The highest BCUT2D eigenvalue weighted by molar-refractivity contribution is 5.82. The number of hydrogen-bond donors (Lipinski definition) is 1. The lowest BCUT2D eigenvalue weighted by molar-refractivity contribution is -0.158. The van der Waals surface area contributed by atoms with Gasteiger partial charge in [-0.3, -0.25) is 9.59 Å². The van der Waals surface area contributed by atoms with Crippen LogP contribution >= 0.6 is 0 Å². The van der Waals surface area contributed by atoms with Crippen molar-refractivity contribution in [1.29, 1.82) is 0 Å². The van der Waals surface area contributed by atoms with Crippen LogP contribution in [0.2, 0.25) is 0 Å². The third kappa shape index (κ3) is 4.11. The summed E-state index contributed by atoms with van der Waals surface area (Å²) in [4.78, 5) is 36.1. The quantitative estimate of drug-likeness (QED) is 0.765. The van der Waals surface area contributed by atoms with E-state index in [1.165, 1.54) is 12.0 Å². The average Bonchev–Trinajstić information content (AvgIpc) is 2.35. The van der Waals surface area contributed by atoms with Gasteiger partial charge in [-0.15, -0.1) is 0 Å². The predicted molar refractivity (Wildman–Crippen MR) is 69.1 cm³/mol. The number of ether oxygens (including phenoxy) is 2. The van der Waals surface area contributed by atoms with Crippen LogP contribution in [0.25, 0.3) is 0 Å². The molecule has 0 aromatic carbocycles. The maximum Gasteiger partial charge on any atom is 0.410 e. The third-order valence-electron chi connectivity index (χ3n) is 3.09. The Morgan fingerprint density at radius 1 is 1.20 bits per heavy atom. The molecule has 1 aliphatic heterocycles. The summed E-state index contributed by atoms with van der Waals surface area (Å²) in [6.07, 6.45) is -0.310. The van der Waals surface area contributed by atoms with Gasteiger partial charge in [-0.25, -0.2) is 4.79 Å². The van der Waals surface area contributed by atoms with E-state index in [-0.39, 0.29) is 19.5 Å². The number of carboxylic acids is 1. The summed E-state index contributed by atoms with van der Waals surface area (Å²) in [5.74, 6) is -3.37. The summed E-state index contributed by atoms with van der Waals surface area (Å²) in [5.41, 5.74) is -0.644. The second-order valence-electron chi connectivity index (χ2n) is 5.79. The number of likely N-dealkylation sites (tertiary alicyclic amines) is 1. The fourth-order valence-corrected chi connectivity index (χ4v) is 2.13. The summed E-state index contributed by atoms with van der Waals surface area (Å²) in [5, 5.41) is 9.20. The van der Waals surface area contributed by atoms with Crippen molar-refractivity contribution in [2.24, 2.45) is 11.8 Å². The Morgan fingerprint density at radius 2 is 1.80 bits per heavy atom. The molecule has 0 bridgehead atoms. The lowest BCUT2D eigenvalue weighted by Crippen LogP contribution is -2.50. The van der Waals surface area contributed by atoms with Gasteiger partial charge >= 0.3 is 18.0 Å². The number of aliphatic carboxylic acids is 1. The van der Waals surface area contributed by atoms with E-state index in [1.807, 2.05) is 0 Å². The summed E-state index contributed by atoms with van der Waals surface area (Å²) in [7, 11) is 1.22. The molecule has 20 heavy (non-hydrogen) atoms. The molecule has 1 aliphatic rings. The molecule has 0 aromatic rings. The van der Waals surface area contributed by atoms with Crippen molar-refractivity contribution in [3.05, 3.63) is 0 Å². The monoisotopic (exact) mass is 287 g/mol. The molecule has 7 heteroatoms. The fraction of sp³-hybridized carbons (Fsp3) is 0.769. The highest BCUT2D eigenvalue weighted by atomic mass is 16.6. The molecule has 0 aliphatic carbocycles. The van der Waals surface area contributed by atoms with Gasteiger partial charge in [0.25, 0.3) is 0 Å². The first kappa shape index (κ1) is 16.3. The number of piperidine rings is 1. The van der Waals surface area contributed by atoms with Gasteiger partial charge in [-0.05, 0) is 27.2 Å². The second kappa shape index (κ2) is 6.11. The first-order chi connectivity index (χ1) is 9.15. The van der Waals surface area contributed by atoms with Gasteiger partial charge in [-0.1, -0.05) is 0 Å². The maximum atomic E-state index is 11.9. The minimum atomic E-state index is -1.12. The number of rotatable bonds is 2. The van der Waals surface area contributed by atoms with Crippen molar-refractivity contribution < 1.29 is 29.0 Å². The van der Waals surface area contributed by atoms with Crippen LogP contribution in [0.5, 0.6) is 0 Å². The van der Waals surface area contributed by atoms with Crippen LogP contribution in [0.1, 0.15) is 27.2 Å². The highest BCUT2D eigenvalue weighted by Gasteiger charge is 2.41. The lowest BCUT2D eigenvalue weighted by atomic mass is 9.85. The van der Waals surface area contributed by atoms with Crippen molar-refractivity contribution in [2.45, 2.75) is 32.8 Å². The molecule has 0 aromatic heterocycles. The van der Waals surface area contributed by atoms with E-state index in [9.17, 15) is 19.5 Å². The van der Waals surface area contributed by atoms with Gasteiger partial charge < -0.3 is 19.5 Å². The van der Waals surface area contributed by atoms with Gasteiger partial charge in [0.15, 0.2) is 0 Å². The average molecular weight is 287 g/mol. The van der Waals surface area contributed by atoms with Crippen LogP contribution in [0.15, 0.2) is 0 Å². The molecule has 2 atom stereocenters. The molecular formula is C13H21NO6. The minimum absolute atomic E-state index is 0.0516. The summed E-state index contributed by atoms with van der Waals surface area (Å²) in [6.45, 7) is 5.44. The number of nitrogens with zero attached hydrogens (tertiary/aromatic N) is 1. The first-order valence-corrected chi connectivity index (χ1v) is 6.44. The van der Waals surface area contributed by atoms with Gasteiger partial charge in [0.2, 0.25) is 0 Å². The van der Waals surface area contributed by atoms with Crippen LogP contribution < -0.4 is 0 Å². The predicted octanol–water partition coefficient (Wildman–Crippen LogP) is 1.12. The Labute approximate surface area is 117 Å². The van der Waals surface area contributed by atoms with E-state index >= 15 is 0 Å². The molecule has 1 heterocycles. The number of carbonyl (C=O) groups is 3. The van der Waals surface area contributed by atoms with E-state index in [0.29, 0.717) is 0 Å². The molecular weight excluding hydrogens is 266 g/mol. The van der Waals surface area contributed by atoms with Gasteiger partial charge in [0.1, 0.15) is 5.60 Å². The lowest BCUT2D eigenvalue weighted by Gasteiger charge is -2.35. The SMILES string of the molecule is COC(=O)[C@@H]1CCN(C(=O)OC(C)(C)C)C[C@H]1C(=O)O. The van der Waals surface area contributed by atoms with Gasteiger partial charge in [-0.2, -0.15) is 0 Å².